The normalized spacial score (nSPS) is 9.67. The van der Waals surface area contributed by atoms with Crippen molar-refractivity contribution in [1.29, 1.82) is 5.41 Å². The lowest BCUT2D eigenvalue weighted by Gasteiger charge is -2.07. The van der Waals surface area contributed by atoms with E-state index in [0.29, 0.717) is 18.9 Å². The highest BCUT2D eigenvalue weighted by molar-refractivity contribution is 7.80. The highest BCUT2D eigenvalue weighted by Crippen LogP contribution is 2.13. The molecule has 0 spiro atoms. The number of thiol groups is 1. The molecular formula is C10H15N3OS. The van der Waals surface area contributed by atoms with Crippen molar-refractivity contribution in [1.82, 2.24) is 5.32 Å². The van der Waals surface area contributed by atoms with Crippen LogP contribution in [-0.4, -0.2) is 18.3 Å². The van der Waals surface area contributed by atoms with Crippen molar-refractivity contribution >= 4 is 18.6 Å². The lowest BCUT2D eigenvalue weighted by atomic mass is 10.2. The summed E-state index contributed by atoms with van der Waals surface area (Å²) in [6, 6.07) is 7.66. The van der Waals surface area contributed by atoms with Gasteiger partial charge < -0.3 is 15.8 Å². The summed E-state index contributed by atoms with van der Waals surface area (Å²) in [6.45, 7) is 1.13. The van der Waals surface area contributed by atoms with Gasteiger partial charge in [-0.05, 0) is 17.7 Å². The van der Waals surface area contributed by atoms with Gasteiger partial charge in [0, 0.05) is 12.3 Å². The lowest BCUT2D eigenvalue weighted by molar-refractivity contribution is 0.344. The van der Waals surface area contributed by atoms with E-state index in [0.717, 1.165) is 11.3 Å². The maximum atomic E-state index is 7.03. The number of nitrogens with two attached hydrogens (primary N) is 1. The Kier molecular flexibility index (Phi) is 4.83. The smallest absolute Gasteiger partial charge is 0.185 e. The van der Waals surface area contributed by atoms with E-state index >= 15 is 0 Å². The van der Waals surface area contributed by atoms with Crippen molar-refractivity contribution in [2.24, 2.45) is 5.73 Å². The molecule has 0 aliphatic heterocycles. The predicted molar refractivity (Wildman–Crippen MR) is 64.5 cm³/mol. The Morgan fingerprint density at radius 3 is 3.00 bits per heavy atom. The first-order valence-electron chi connectivity index (χ1n) is 4.63. The van der Waals surface area contributed by atoms with E-state index in [2.05, 4.69) is 17.9 Å². The molecule has 0 bridgehead atoms. The highest BCUT2D eigenvalue weighted by atomic mass is 32.1. The molecule has 0 amide bonds. The Bertz CT molecular complexity index is 330. The average Bonchev–Trinajstić information content (AvgIpc) is 2.24. The summed E-state index contributed by atoms with van der Waals surface area (Å²) in [4.78, 5) is 0. The van der Waals surface area contributed by atoms with Crippen LogP contribution in [0.5, 0.6) is 5.75 Å². The van der Waals surface area contributed by atoms with Gasteiger partial charge in [-0.1, -0.05) is 12.1 Å². The molecule has 82 valence electrons. The molecule has 0 radical (unpaired) electrons. The number of nitrogens with one attached hydrogen (secondary N) is 2. The van der Waals surface area contributed by atoms with Gasteiger partial charge in [-0.15, -0.1) is 0 Å². The fraction of sp³-hybridized carbons (Fsp3) is 0.300. The van der Waals surface area contributed by atoms with Gasteiger partial charge in [-0.3, -0.25) is 5.41 Å². The molecule has 15 heavy (non-hydrogen) atoms. The van der Waals surface area contributed by atoms with Crippen LogP contribution in [0.15, 0.2) is 24.3 Å². The zero-order valence-corrected chi connectivity index (χ0v) is 9.26. The molecule has 0 unspecified atom stereocenters. The fourth-order valence-electron chi connectivity index (χ4n) is 1.11. The summed E-state index contributed by atoms with van der Waals surface area (Å²) in [5.41, 5.74) is 6.22. The van der Waals surface area contributed by atoms with E-state index in [9.17, 15) is 0 Å². The molecule has 1 aromatic rings. The Morgan fingerprint density at radius 1 is 1.53 bits per heavy atom. The minimum atomic E-state index is -0.0309. The standard InChI is InChI=1S/C10H15N3OS/c11-10(12)13-7-8-2-1-3-9(6-8)14-4-5-15/h1-3,6,15H,4-5,7H2,(H4,11,12,13). The Balaban J connectivity index is 2.53. The molecule has 5 heteroatoms. The average molecular weight is 225 g/mol. The summed E-state index contributed by atoms with van der Waals surface area (Å²) < 4.78 is 5.41. The van der Waals surface area contributed by atoms with Crippen molar-refractivity contribution in [3.8, 4) is 5.75 Å². The summed E-state index contributed by atoms with van der Waals surface area (Å²) in [6.07, 6.45) is 0. The van der Waals surface area contributed by atoms with Gasteiger partial charge in [-0.2, -0.15) is 12.6 Å². The van der Waals surface area contributed by atoms with Crippen LogP contribution in [0, 0.1) is 5.41 Å². The lowest BCUT2D eigenvalue weighted by Crippen LogP contribution is -2.29. The number of rotatable bonds is 5. The molecule has 0 saturated carbocycles. The van der Waals surface area contributed by atoms with Crippen LogP contribution in [0.25, 0.3) is 0 Å². The molecule has 0 atom stereocenters. The van der Waals surface area contributed by atoms with Crippen molar-refractivity contribution in [3.63, 3.8) is 0 Å². The highest BCUT2D eigenvalue weighted by Gasteiger charge is 1.96. The second-order valence-electron chi connectivity index (χ2n) is 2.99. The molecule has 0 saturated heterocycles. The molecule has 1 aromatic carbocycles. The van der Waals surface area contributed by atoms with Gasteiger partial charge in [0.2, 0.25) is 0 Å². The summed E-state index contributed by atoms with van der Waals surface area (Å²) >= 11 is 4.06. The van der Waals surface area contributed by atoms with E-state index in [1.165, 1.54) is 0 Å². The Labute approximate surface area is 94.7 Å². The Morgan fingerprint density at radius 2 is 2.33 bits per heavy atom. The number of ether oxygens (including phenoxy) is 1. The van der Waals surface area contributed by atoms with Crippen LogP contribution in [0.3, 0.4) is 0 Å². The molecule has 0 aliphatic rings. The van der Waals surface area contributed by atoms with Gasteiger partial charge in [0.05, 0.1) is 6.61 Å². The minimum absolute atomic E-state index is 0.0309. The molecule has 4 N–H and O–H groups in total. The first kappa shape index (κ1) is 11.7. The number of benzene rings is 1. The topological polar surface area (TPSA) is 71.1 Å². The maximum absolute atomic E-state index is 7.03. The molecule has 0 aromatic heterocycles. The van der Waals surface area contributed by atoms with Crippen LogP contribution in [0.2, 0.25) is 0 Å². The van der Waals surface area contributed by atoms with Crippen LogP contribution < -0.4 is 15.8 Å². The molecule has 1 rings (SSSR count). The number of guanidine groups is 1. The third-order valence-electron chi connectivity index (χ3n) is 1.74. The summed E-state index contributed by atoms with van der Waals surface area (Å²) in [5, 5.41) is 9.77. The third kappa shape index (κ3) is 4.60. The molecular weight excluding hydrogens is 210 g/mol. The van der Waals surface area contributed by atoms with Crippen LogP contribution in [0.1, 0.15) is 5.56 Å². The zero-order valence-electron chi connectivity index (χ0n) is 8.36. The van der Waals surface area contributed by atoms with Crippen LogP contribution >= 0.6 is 12.6 Å². The third-order valence-corrected chi connectivity index (χ3v) is 1.92. The first-order valence-corrected chi connectivity index (χ1v) is 5.26. The summed E-state index contributed by atoms with van der Waals surface area (Å²) in [5.74, 6) is 1.47. The van der Waals surface area contributed by atoms with Gasteiger partial charge in [0.25, 0.3) is 0 Å². The number of hydrogen-bond donors (Lipinski definition) is 4. The summed E-state index contributed by atoms with van der Waals surface area (Å²) in [7, 11) is 0. The minimum Gasteiger partial charge on any atom is -0.493 e. The zero-order chi connectivity index (χ0) is 11.1. The van der Waals surface area contributed by atoms with Gasteiger partial charge in [-0.25, -0.2) is 0 Å². The second kappa shape index (κ2) is 6.19. The van der Waals surface area contributed by atoms with Gasteiger partial charge >= 0.3 is 0 Å². The fourth-order valence-corrected chi connectivity index (χ4v) is 1.20. The van der Waals surface area contributed by atoms with Crippen LogP contribution in [-0.2, 0) is 6.54 Å². The van der Waals surface area contributed by atoms with E-state index in [1.54, 1.807) is 0 Å². The monoisotopic (exact) mass is 225 g/mol. The van der Waals surface area contributed by atoms with Crippen molar-refractivity contribution < 1.29 is 4.74 Å². The molecule has 0 fully saturated rings. The Hall–Kier alpha value is -1.36. The maximum Gasteiger partial charge on any atom is 0.185 e. The van der Waals surface area contributed by atoms with Gasteiger partial charge in [0.15, 0.2) is 5.96 Å². The SMILES string of the molecule is N=C(N)NCc1cccc(OCCS)c1. The van der Waals surface area contributed by atoms with Crippen LogP contribution in [0.4, 0.5) is 0 Å². The van der Waals surface area contributed by atoms with Gasteiger partial charge in [0.1, 0.15) is 5.75 Å². The molecule has 0 heterocycles. The molecule has 4 nitrogen and oxygen atoms in total. The van der Waals surface area contributed by atoms with E-state index in [-0.39, 0.29) is 5.96 Å². The van der Waals surface area contributed by atoms with Crippen molar-refractivity contribution in [2.45, 2.75) is 6.54 Å². The predicted octanol–water partition coefficient (Wildman–Crippen LogP) is 0.978. The number of hydrogen-bond acceptors (Lipinski definition) is 3. The quantitative estimate of drug-likeness (QED) is 0.343. The molecule has 0 aliphatic carbocycles. The largest absolute Gasteiger partial charge is 0.493 e. The van der Waals surface area contributed by atoms with E-state index in [4.69, 9.17) is 15.9 Å². The van der Waals surface area contributed by atoms with Crippen molar-refractivity contribution in [3.05, 3.63) is 29.8 Å². The second-order valence-corrected chi connectivity index (χ2v) is 3.43. The van der Waals surface area contributed by atoms with Crippen molar-refractivity contribution in [2.75, 3.05) is 12.4 Å². The first-order chi connectivity index (χ1) is 7.22. The van der Waals surface area contributed by atoms with E-state index < -0.39 is 0 Å². The van der Waals surface area contributed by atoms with E-state index in [1.807, 2.05) is 24.3 Å².